The fourth-order valence-corrected chi connectivity index (χ4v) is 2.23. The van der Waals surface area contributed by atoms with Crippen LogP contribution >= 0.6 is 12.4 Å². The fraction of sp³-hybridized carbons (Fsp3) is 0.500. The predicted molar refractivity (Wildman–Crippen MR) is 88.7 cm³/mol. The molecule has 0 saturated carbocycles. The van der Waals surface area contributed by atoms with Gasteiger partial charge in [-0.3, -0.25) is 9.59 Å². The average Bonchev–Trinajstić information content (AvgIpc) is 2.43. The van der Waals surface area contributed by atoms with Gasteiger partial charge in [-0.1, -0.05) is 37.3 Å². The number of hydrogen-bond donors (Lipinski definition) is 3. The smallest absolute Gasteiger partial charge is 0.242 e. The maximum atomic E-state index is 12.0. The van der Waals surface area contributed by atoms with Crippen molar-refractivity contribution in [2.45, 2.75) is 26.4 Å². The summed E-state index contributed by atoms with van der Waals surface area (Å²) in [7, 11) is 0. The Hall–Kier alpha value is -1.59. The highest BCUT2D eigenvalue weighted by atomic mass is 35.5. The zero-order valence-electron chi connectivity index (χ0n) is 13.0. The first-order chi connectivity index (χ1) is 10.1. The summed E-state index contributed by atoms with van der Waals surface area (Å²) in [6.07, 6.45) is 0. The van der Waals surface area contributed by atoms with Gasteiger partial charge >= 0.3 is 0 Å². The minimum atomic E-state index is -0.517. The monoisotopic (exact) mass is 325 g/mol. The molecule has 1 fully saturated rings. The highest BCUT2D eigenvalue weighted by Gasteiger charge is 2.30. The number of carbonyl (C=O) groups is 2. The Morgan fingerprint density at radius 3 is 2.36 bits per heavy atom. The van der Waals surface area contributed by atoms with Crippen molar-refractivity contribution in [1.29, 1.82) is 0 Å². The van der Waals surface area contributed by atoms with Gasteiger partial charge in [-0.15, -0.1) is 12.4 Å². The van der Waals surface area contributed by atoms with Gasteiger partial charge in [-0.25, -0.2) is 0 Å². The summed E-state index contributed by atoms with van der Waals surface area (Å²) in [6, 6.07) is 9.19. The van der Waals surface area contributed by atoms with Gasteiger partial charge in [0.05, 0.1) is 0 Å². The Balaban J connectivity index is 0.00000242. The van der Waals surface area contributed by atoms with Crippen molar-refractivity contribution in [3.8, 4) is 0 Å². The lowest BCUT2D eigenvalue weighted by Gasteiger charge is -2.32. The quantitative estimate of drug-likeness (QED) is 0.733. The molecule has 6 heteroatoms. The first kappa shape index (κ1) is 18.5. The lowest BCUT2D eigenvalue weighted by Crippen LogP contribution is -2.52. The second kappa shape index (κ2) is 8.76. The zero-order chi connectivity index (χ0) is 15.2. The molecule has 2 atom stereocenters. The van der Waals surface area contributed by atoms with Crippen LogP contribution in [0.15, 0.2) is 30.3 Å². The number of rotatable bonds is 6. The summed E-state index contributed by atoms with van der Waals surface area (Å²) in [4.78, 5) is 24.0. The standard InChI is InChI=1S/C16H23N3O2.ClH/c1-11(14-9-17-10-14)15(20)19-12(2)16(21)18-8-13-6-4-3-5-7-13;/h3-7,11-12,14,17H,8-10H2,1-2H3,(H,18,21)(H,19,20);1H. The van der Waals surface area contributed by atoms with E-state index in [2.05, 4.69) is 16.0 Å². The molecule has 5 nitrogen and oxygen atoms in total. The largest absolute Gasteiger partial charge is 0.350 e. The molecule has 2 rings (SSSR count). The molecule has 1 aromatic rings. The molecule has 0 bridgehead atoms. The molecule has 1 saturated heterocycles. The summed E-state index contributed by atoms with van der Waals surface area (Å²) in [5.74, 6) is 0.107. The van der Waals surface area contributed by atoms with Crippen LogP contribution in [0.4, 0.5) is 0 Å². The van der Waals surface area contributed by atoms with Crippen molar-refractivity contribution in [1.82, 2.24) is 16.0 Å². The van der Waals surface area contributed by atoms with Gasteiger partial charge in [-0.05, 0) is 31.5 Å². The third-order valence-electron chi connectivity index (χ3n) is 4.00. The summed E-state index contributed by atoms with van der Waals surface area (Å²) in [5, 5.41) is 8.77. The van der Waals surface area contributed by atoms with E-state index in [0.717, 1.165) is 18.7 Å². The minimum Gasteiger partial charge on any atom is -0.350 e. The molecular weight excluding hydrogens is 302 g/mol. The Labute approximate surface area is 137 Å². The van der Waals surface area contributed by atoms with Crippen LogP contribution in [0.25, 0.3) is 0 Å². The van der Waals surface area contributed by atoms with Crippen molar-refractivity contribution < 1.29 is 9.59 Å². The molecule has 1 aromatic carbocycles. The Morgan fingerprint density at radius 1 is 1.18 bits per heavy atom. The summed E-state index contributed by atoms with van der Waals surface area (Å²) in [5.41, 5.74) is 1.04. The van der Waals surface area contributed by atoms with E-state index in [4.69, 9.17) is 0 Å². The summed E-state index contributed by atoms with van der Waals surface area (Å²) < 4.78 is 0. The van der Waals surface area contributed by atoms with Crippen LogP contribution in [0.3, 0.4) is 0 Å². The van der Waals surface area contributed by atoms with E-state index in [0.29, 0.717) is 12.5 Å². The van der Waals surface area contributed by atoms with Crippen LogP contribution in [0.5, 0.6) is 0 Å². The van der Waals surface area contributed by atoms with E-state index in [1.807, 2.05) is 37.3 Å². The lowest BCUT2D eigenvalue weighted by molar-refractivity contribution is -0.131. The molecule has 0 aromatic heterocycles. The third-order valence-corrected chi connectivity index (χ3v) is 4.00. The minimum absolute atomic E-state index is 0. The third kappa shape index (κ3) is 5.00. The Morgan fingerprint density at radius 2 is 1.82 bits per heavy atom. The average molecular weight is 326 g/mol. The SMILES string of the molecule is CC(NC(=O)C(C)C1CNC1)C(=O)NCc1ccccc1.Cl. The zero-order valence-corrected chi connectivity index (χ0v) is 13.8. The first-order valence-electron chi connectivity index (χ1n) is 7.40. The Bertz CT molecular complexity index is 491. The number of halogens is 1. The number of nitrogens with one attached hydrogen (secondary N) is 3. The Kier molecular flexibility index (Phi) is 7.35. The maximum absolute atomic E-state index is 12.0. The van der Waals surface area contributed by atoms with E-state index >= 15 is 0 Å². The summed E-state index contributed by atoms with van der Waals surface area (Å²) >= 11 is 0. The van der Waals surface area contributed by atoms with Crippen LogP contribution in [0.2, 0.25) is 0 Å². The molecule has 0 radical (unpaired) electrons. The first-order valence-corrected chi connectivity index (χ1v) is 7.40. The van der Waals surface area contributed by atoms with Crippen LogP contribution in [0, 0.1) is 11.8 Å². The molecule has 122 valence electrons. The van der Waals surface area contributed by atoms with Crippen LogP contribution in [-0.4, -0.2) is 30.9 Å². The van der Waals surface area contributed by atoms with Gasteiger partial charge in [-0.2, -0.15) is 0 Å². The van der Waals surface area contributed by atoms with Crippen molar-refractivity contribution in [2.75, 3.05) is 13.1 Å². The van der Waals surface area contributed by atoms with E-state index in [1.54, 1.807) is 6.92 Å². The van der Waals surface area contributed by atoms with Gasteiger partial charge in [0, 0.05) is 12.5 Å². The molecular formula is C16H24ClN3O2. The second-order valence-corrected chi connectivity index (χ2v) is 5.64. The van der Waals surface area contributed by atoms with Crippen LogP contribution in [0.1, 0.15) is 19.4 Å². The molecule has 2 amide bonds. The van der Waals surface area contributed by atoms with E-state index in [-0.39, 0.29) is 30.1 Å². The van der Waals surface area contributed by atoms with Gasteiger partial charge < -0.3 is 16.0 Å². The topological polar surface area (TPSA) is 70.2 Å². The molecule has 1 heterocycles. The molecule has 1 aliphatic rings. The molecule has 2 unspecified atom stereocenters. The van der Waals surface area contributed by atoms with E-state index in [9.17, 15) is 9.59 Å². The van der Waals surface area contributed by atoms with Gasteiger partial charge in [0.25, 0.3) is 0 Å². The van der Waals surface area contributed by atoms with Crippen molar-refractivity contribution in [2.24, 2.45) is 11.8 Å². The van der Waals surface area contributed by atoms with Gasteiger partial charge in [0.15, 0.2) is 0 Å². The fourth-order valence-electron chi connectivity index (χ4n) is 2.23. The van der Waals surface area contributed by atoms with Crippen molar-refractivity contribution in [3.05, 3.63) is 35.9 Å². The molecule has 22 heavy (non-hydrogen) atoms. The molecule has 1 aliphatic heterocycles. The number of benzene rings is 1. The summed E-state index contributed by atoms with van der Waals surface area (Å²) in [6.45, 7) is 5.85. The van der Waals surface area contributed by atoms with Crippen LogP contribution in [-0.2, 0) is 16.1 Å². The highest BCUT2D eigenvalue weighted by molar-refractivity contribution is 5.88. The highest BCUT2D eigenvalue weighted by Crippen LogP contribution is 2.15. The number of carbonyl (C=O) groups excluding carboxylic acids is 2. The second-order valence-electron chi connectivity index (χ2n) is 5.64. The van der Waals surface area contributed by atoms with Crippen LogP contribution < -0.4 is 16.0 Å². The predicted octanol–water partition coefficient (Wildman–Crippen LogP) is 1.08. The van der Waals surface area contributed by atoms with Gasteiger partial charge in [0.2, 0.25) is 11.8 Å². The number of hydrogen-bond acceptors (Lipinski definition) is 3. The van der Waals surface area contributed by atoms with E-state index in [1.165, 1.54) is 0 Å². The molecule has 0 spiro atoms. The normalized spacial score (nSPS) is 16.6. The van der Waals surface area contributed by atoms with E-state index < -0.39 is 6.04 Å². The molecule has 0 aliphatic carbocycles. The van der Waals surface area contributed by atoms with Crippen molar-refractivity contribution in [3.63, 3.8) is 0 Å². The maximum Gasteiger partial charge on any atom is 0.242 e. The van der Waals surface area contributed by atoms with Gasteiger partial charge in [0.1, 0.15) is 6.04 Å². The molecule has 3 N–H and O–H groups in total. The number of amides is 2. The van der Waals surface area contributed by atoms with Crippen molar-refractivity contribution >= 4 is 24.2 Å². The lowest BCUT2D eigenvalue weighted by atomic mass is 9.88.